The summed E-state index contributed by atoms with van der Waals surface area (Å²) >= 11 is 0. The minimum Gasteiger partial charge on any atom is -0.493 e. The number of hydrogen-bond acceptors (Lipinski definition) is 9. The highest BCUT2D eigenvalue weighted by Gasteiger charge is 2.21. The maximum absolute atomic E-state index is 6.34. The SMILES string of the molecule is COc1cc2nc(N3CCN(c4nccc(N(C)C)n4)CC3)cc(N)c2cc1OC.Cl.Cl.O.O. The second kappa shape index (κ2) is 13.0. The molecule has 4 rings (SSSR count). The second-order valence-electron chi connectivity index (χ2n) is 7.38. The average Bonchev–Trinajstić information content (AvgIpc) is 2.78. The van der Waals surface area contributed by atoms with E-state index in [0.29, 0.717) is 17.2 Å². The van der Waals surface area contributed by atoms with Gasteiger partial charge in [0, 0.05) is 69.7 Å². The highest BCUT2D eigenvalue weighted by atomic mass is 35.5. The quantitative estimate of drug-likeness (QED) is 0.524. The van der Waals surface area contributed by atoms with Crippen LogP contribution in [0.4, 0.5) is 23.3 Å². The molecule has 0 bridgehead atoms. The molecule has 1 aliphatic heterocycles. The number of fused-ring (bicyclic) bond motifs is 1. The zero-order valence-electron chi connectivity index (χ0n) is 19.6. The normalized spacial score (nSPS) is 12.5. The number of benzene rings is 1. The van der Waals surface area contributed by atoms with Crippen LogP contribution < -0.4 is 29.9 Å². The van der Waals surface area contributed by atoms with Crippen molar-refractivity contribution in [3.05, 3.63) is 30.5 Å². The van der Waals surface area contributed by atoms with Crippen molar-refractivity contribution in [1.82, 2.24) is 15.0 Å². The van der Waals surface area contributed by atoms with Crippen LogP contribution in [0.3, 0.4) is 0 Å². The third-order valence-corrected chi connectivity index (χ3v) is 5.31. The van der Waals surface area contributed by atoms with Crippen LogP contribution in [-0.2, 0) is 0 Å². The van der Waals surface area contributed by atoms with Crippen molar-refractivity contribution in [3.8, 4) is 11.5 Å². The number of rotatable bonds is 5. The van der Waals surface area contributed by atoms with Crippen molar-refractivity contribution in [3.63, 3.8) is 0 Å². The second-order valence-corrected chi connectivity index (χ2v) is 7.38. The molecule has 1 aromatic carbocycles. The zero-order valence-corrected chi connectivity index (χ0v) is 21.2. The molecule has 11 nitrogen and oxygen atoms in total. The lowest BCUT2D eigenvalue weighted by atomic mass is 10.1. The first kappa shape index (κ1) is 31.0. The summed E-state index contributed by atoms with van der Waals surface area (Å²) in [7, 11) is 7.18. The van der Waals surface area contributed by atoms with Gasteiger partial charge in [-0.1, -0.05) is 0 Å². The topological polar surface area (TPSA) is 156 Å². The molecule has 2 aromatic heterocycles. The third kappa shape index (κ3) is 6.11. The molecule has 3 aromatic rings. The largest absolute Gasteiger partial charge is 0.493 e. The van der Waals surface area contributed by atoms with Gasteiger partial charge >= 0.3 is 0 Å². The van der Waals surface area contributed by atoms with Crippen LogP contribution in [-0.4, -0.2) is 80.4 Å². The molecule has 0 amide bonds. The van der Waals surface area contributed by atoms with Gasteiger partial charge in [0.05, 0.1) is 19.7 Å². The maximum Gasteiger partial charge on any atom is 0.227 e. The monoisotopic (exact) mass is 517 g/mol. The van der Waals surface area contributed by atoms with Gasteiger partial charge in [-0.05, 0) is 12.1 Å². The number of nitrogen functional groups attached to an aromatic ring is 1. The van der Waals surface area contributed by atoms with Crippen molar-refractivity contribution < 1.29 is 20.4 Å². The van der Waals surface area contributed by atoms with Crippen molar-refractivity contribution >= 4 is 59.0 Å². The third-order valence-electron chi connectivity index (χ3n) is 5.31. The minimum absolute atomic E-state index is 0. The van der Waals surface area contributed by atoms with Gasteiger partial charge in [0.2, 0.25) is 5.95 Å². The van der Waals surface area contributed by atoms with E-state index >= 15 is 0 Å². The van der Waals surface area contributed by atoms with E-state index in [2.05, 4.69) is 19.8 Å². The number of nitrogens with two attached hydrogens (primary N) is 1. The van der Waals surface area contributed by atoms with Crippen LogP contribution in [0.2, 0.25) is 0 Å². The number of halogens is 2. The van der Waals surface area contributed by atoms with Crippen molar-refractivity contribution in [1.29, 1.82) is 0 Å². The molecule has 1 fully saturated rings. The van der Waals surface area contributed by atoms with Gasteiger partial charge < -0.3 is 40.9 Å². The molecule has 0 aliphatic carbocycles. The first-order valence-corrected chi connectivity index (χ1v) is 9.82. The van der Waals surface area contributed by atoms with E-state index in [1.807, 2.05) is 43.3 Å². The minimum atomic E-state index is 0. The molecule has 13 heteroatoms. The smallest absolute Gasteiger partial charge is 0.227 e. The highest BCUT2D eigenvalue weighted by Crippen LogP contribution is 2.35. The van der Waals surface area contributed by atoms with E-state index in [0.717, 1.165) is 54.7 Å². The van der Waals surface area contributed by atoms with E-state index in [1.165, 1.54) is 0 Å². The molecule has 0 atom stereocenters. The molecule has 0 saturated carbocycles. The summed E-state index contributed by atoms with van der Waals surface area (Å²) in [6.45, 7) is 3.23. The number of methoxy groups -OCH3 is 2. The van der Waals surface area contributed by atoms with Gasteiger partial charge in [-0.25, -0.2) is 9.97 Å². The van der Waals surface area contributed by atoms with Crippen molar-refractivity contribution in [2.45, 2.75) is 0 Å². The number of hydrogen-bond donors (Lipinski definition) is 1. The fourth-order valence-electron chi connectivity index (χ4n) is 3.60. The molecular formula is C21H33Cl2N7O4. The van der Waals surface area contributed by atoms with E-state index in [4.69, 9.17) is 20.2 Å². The molecule has 6 N–H and O–H groups in total. The van der Waals surface area contributed by atoms with Crippen LogP contribution in [0.1, 0.15) is 0 Å². The molecular weight excluding hydrogens is 485 g/mol. The molecule has 34 heavy (non-hydrogen) atoms. The first-order chi connectivity index (χ1) is 14.5. The Kier molecular flexibility index (Phi) is 11.9. The number of pyridine rings is 1. The predicted molar refractivity (Wildman–Crippen MR) is 142 cm³/mol. The summed E-state index contributed by atoms with van der Waals surface area (Å²) in [5.74, 6) is 3.78. The fourth-order valence-corrected chi connectivity index (χ4v) is 3.60. The van der Waals surface area contributed by atoms with Gasteiger partial charge in [0.1, 0.15) is 11.6 Å². The van der Waals surface area contributed by atoms with Crippen LogP contribution in [0, 0.1) is 0 Å². The molecule has 0 radical (unpaired) electrons. The van der Waals surface area contributed by atoms with Gasteiger partial charge in [0.25, 0.3) is 0 Å². The molecule has 190 valence electrons. The lowest BCUT2D eigenvalue weighted by molar-refractivity contribution is 0.356. The van der Waals surface area contributed by atoms with E-state index in [9.17, 15) is 0 Å². The summed E-state index contributed by atoms with van der Waals surface area (Å²) in [5.41, 5.74) is 7.80. The molecule has 1 aliphatic rings. The van der Waals surface area contributed by atoms with Crippen LogP contribution >= 0.6 is 24.8 Å². The van der Waals surface area contributed by atoms with E-state index < -0.39 is 0 Å². The number of anilines is 4. The number of aromatic nitrogens is 3. The molecule has 0 unspecified atom stereocenters. The first-order valence-electron chi connectivity index (χ1n) is 9.82. The van der Waals surface area contributed by atoms with Crippen LogP contribution in [0.5, 0.6) is 11.5 Å². The summed E-state index contributed by atoms with van der Waals surface area (Å²) in [5, 5.41) is 0.851. The zero-order chi connectivity index (χ0) is 21.3. The average molecular weight is 518 g/mol. The summed E-state index contributed by atoms with van der Waals surface area (Å²) in [4.78, 5) is 20.3. The molecule has 1 saturated heterocycles. The Morgan fingerprint density at radius 1 is 0.882 bits per heavy atom. The van der Waals surface area contributed by atoms with Gasteiger partial charge in [-0.15, -0.1) is 24.8 Å². The Bertz CT molecular complexity index is 1070. The molecule has 0 spiro atoms. The number of piperazine rings is 1. The Hall–Kier alpha value is -2.99. The number of ether oxygens (including phenoxy) is 2. The fraction of sp³-hybridized carbons (Fsp3) is 0.381. The molecule has 3 heterocycles. The summed E-state index contributed by atoms with van der Waals surface area (Å²) in [6.07, 6.45) is 1.80. The summed E-state index contributed by atoms with van der Waals surface area (Å²) < 4.78 is 10.8. The Morgan fingerprint density at radius 3 is 2.06 bits per heavy atom. The lowest BCUT2D eigenvalue weighted by Crippen LogP contribution is -2.47. The lowest BCUT2D eigenvalue weighted by Gasteiger charge is -2.35. The van der Waals surface area contributed by atoms with E-state index in [1.54, 1.807) is 20.4 Å². The van der Waals surface area contributed by atoms with Gasteiger partial charge in [-0.3, -0.25) is 0 Å². The van der Waals surface area contributed by atoms with Gasteiger partial charge in [0.15, 0.2) is 11.5 Å². The van der Waals surface area contributed by atoms with Gasteiger partial charge in [-0.2, -0.15) is 4.98 Å². The number of nitrogens with zero attached hydrogens (tertiary/aromatic N) is 6. The Labute approximate surface area is 211 Å². The van der Waals surface area contributed by atoms with Crippen LogP contribution in [0.15, 0.2) is 30.5 Å². The standard InChI is InChI=1S/C21H27N7O2.2ClH.2H2O/c1-26(2)19-5-6-23-21(25-19)28-9-7-27(8-10-28)20-12-15(22)14-11-17(29-3)18(30-4)13-16(14)24-20;;;;/h5-6,11-13H,7-10H2,1-4H3,(H2,22,24);2*1H;2*1H2. The Morgan fingerprint density at radius 2 is 1.47 bits per heavy atom. The van der Waals surface area contributed by atoms with E-state index in [-0.39, 0.29) is 35.8 Å². The summed E-state index contributed by atoms with van der Waals surface area (Å²) in [6, 6.07) is 7.57. The highest BCUT2D eigenvalue weighted by molar-refractivity contribution is 5.94. The predicted octanol–water partition coefficient (Wildman–Crippen LogP) is 1.21. The van der Waals surface area contributed by atoms with Crippen LogP contribution in [0.25, 0.3) is 10.9 Å². The Balaban J connectivity index is 0.00000272. The van der Waals surface area contributed by atoms with Crippen molar-refractivity contribution in [2.24, 2.45) is 0 Å². The van der Waals surface area contributed by atoms with Crippen molar-refractivity contribution in [2.75, 3.05) is 74.9 Å². The maximum atomic E-state index is 6.34.